The molecule has 1 heterocycles. The van der Waals surface area contributed by atoms with Gasteiger partial charge in [-0.25, -0.2) is 0 Å². The first kappa shape index (κ1) is 6.80. The highest BCUT2D eigenvalue weighted by atomic mass is 32.2. The van der Waals surface area contributed by atoms with Gasteiger partial charge in [-0.2, -0.15) is 0 Å². The first-order valence-corrected chi connectivity index (χ1v) is 4.38. The second-order valence-electron chi connectivity index (χ2n) is 2.25. The molecule has 0 N–H and O–H groups in total. The van der Waals surface area contributed by atoms with Crippen LogP contribution in [0.1, 0.15) is 0 Å². The molecule has 2 heteroatoms. The van der Waals surface area contributed by atoms with E-state index in [1.165, 1.54) is 4.90 Å². The van der Waals surface area contributed by atoms with E-state index >= 15 is 0 Å². The lowest BCUT2D eigenvalue weighted by Crippen LogP contribution is -1.91. The molecule has 0 aliphatic carbocycles. The normalized spacial score (nSPS) is 14.9. The Bertz CT molecular complexity index is 281. The van der Waals surface area contributed by atoms with E-state index in [0.29, 0.717) is 6.61 Å². The highest BCUT2D eigenvalue weighted by Crippen LogP contribution is 2.31. The number of rotatable bonds is 0. The standard InChI is InChI=1S/C9H8OS/c1-2-5-9-8(4-1)10-6-3-7-11-9/h1-5,7H,6H2. The van der Waals surface area contributed by atoms with Gasteiger partial charge in [0.1, 0.15) is 12.4 Å². The fourth-order valence-corrected chi connectivity index (χ4v) is 1.69. The van der Waals surface area contributed by atoms with Gasteiger partial charge >= 0.3 is 0 Å². The smallest absolute Gasteiger partial charge is 0.133 e. The third-order valence-corrected chi connectivity index (χ3v) is 2.40. The van der Waals surface area contributed by atoms with Crippen molar-refractivity contribution >= 4 is 11.8 Å². The predicted octanol–water partition coefficient (Wildman–Crippen LogP) is 2.68. The summed E-state index contributed by atoms with van der Waals surface area (Å²) in [7, 11) is 0. The average molecular weight is 164 g/mol. The van der Waals surface area contributed by atoms with Gasteiger partial charge < -0.3 is 4.74 Å². The number of fused-ring (bicyclic) bond motifs is 1. The third-order valence-electron chi connectivity index (χ3n) is 1.48. The van der Waals surface area contributed by atoms with Crippen molar-refractivity contribution in [3.05, 3.63) is 35.7 Å². The Morgan fingerprint density at radius 3 is 3.18 bits per heavy atom. The van der Waals surface area contributed by atoms with Crippen molar-refractivity contribution in [1.29, 1.82) is 0 Å². The lowest BCUT2D eigenvalue weighted by atomic mass is 10.3. The van der Waals surface area contributed by atoms with Crippen LogP contribution in [0.15, 0.2) is 40.6 Å². The van der Waals surface area contributed by atoms with E-state index in [2.05, 4.69) is 11.5 Å². The molecule has 0 radical (unpaired) electrons. The summed E-state index contributed by atoms with van der Waals surface area (Å²) in [5, 5.41) is 2.06. The minimum absolute atomic E-state index is 0.685. The molecular weight excluding hydrogens is 156 g/mol. The maximum absolute atomic E-state index is 5.44. The van der Waals surface area contributed by atoms with Crippen LogP contribution in [0.5, 0.6) is 5.75 Å². The van der Waals surface area contributed by atoms with Crippen LogP contribution in [0.25, 0.3) is 0 Å². The quantitative estimate of drug-likeness (QED) is 0.583. The van der Waals surface area contributed by atoms with Crippen LogP contribution in [-0.2, 0) is 0 Å². The topological polar surface area (TPSA) is 9.23 Å². The largest absolute Gasteiger partial charge is 0.488 e. The Hall–Kier alpha value is -0.890. The number of ether oxygens (including phenoxy) is 1. The van der Waals surface area contributed by atoms with Gasteiger partial charge in [0.05, 0.1) is 4.90 Å². The van der Waals surface area contributed by atoms with Crippen LogP contribution < -0.4 is 4.74 Å². The zero-order valence-corrected chi connectivity index (χ0v) is 6.80. The van der Waals surface area contributed by atoms with Gasteiger partial charge in [-0.1, -0.05) is 23.9 Å². The van der Waals surface area contributed by atoms with E-state index in [4.69, 9.17) is 4.74 Å². The Balaban J connectivity index is 2.40. The van der Waals surface area contributed by atoms with Crippen molar-refractivity contribution in [2.75, 3.05) is 6.61 Å². The number of thioether (sulfide) groups is 1. The molecule has 0 bridgehead atoms. The van der Waals surface area contributed by atoms with Gasteiger partial charge in [-0.3, -0.25) is 0 Å². The first-order valence-electron chi connectivity index (χ1n) is 3.50. The van der Waals surface area contributed by atoms with E-state index in [1.54, 1.807) is 11.8 Å². The molecule has 1 aliphatic heterocycles. The molecule has 0 unspecified atom stereocenters. The van der Waals surface area contributed by atoms with Crippen LogP contribution in [0.4, 0.5) is 0 Å². The van der Waals surface area contributed by atoms with Crippen molar-refractivity contribution in [2.24, 2.45) is 0 Å². The van der Waals surface area contributed by atoms with Gasteiger partial charge in [0.2, 0.25) is 0 Å². The summed E-state index contributed by atoms with van der Waals surface area (Å²) >= 11 is 1.70. The molecule has 0 aromatic heterocycles. The molecule has 11 heavy (non-hydrogen) atoms. The summed E-state index contributed by atoms with van der Waals surface area (Å²) in [6, 6.07) is 8.07. The molecule has 56 valence electrons. The molecule has 1 aromatic rings. The lowest BCUT2D eigenvalue weighted by Gasteiger charge is -2.03. The van der Waals surface area contributed by atoms with Crippen LogP contribution in [-0.4, -0.2) is 6.61 Å². The van der Waals surface area contributed by atoms with Gasteiger partial charge in [-0.15, -0.1) is 0 Å². The summed E-state index contributed by atoms with van der Waals surface area (Å²) in [6.07, 6.45) is 2.02. The van der Waals surface area contributed by atoms with Crippen LogP contribution in [0.3, 0.4) is 0 Å². The minimum Gasteiger partial charge on any atom is -0.488 e. The Morgan fingerprint density at radius 1 is 1.27 bits per heavy atom. The highest BCUT2D eigenvalue weighted by molar-refractivity contribution is 8.02. The van der Waals surface area contributed by atoms with E-state index < -0.39 is 0 Å². The SMILES string of the molecule is C1=CSc2ccccc2OC1. The zero-order chi connectivity index (χ0) is 7.52. The molecule has 2 rings (SSSR count). The highest BCUT2D eigenvalue weighted by Gasteiger charge is 2.02. The predicted molar refractivity (Wildman–Crippen MR) is 46.9 cm³/mol. The van der Waals surface area contributed by atoms with Crippen molar-refractivity contribution in [1.82, 2.24) is 0 Å². The van der Waals surface area contributed by atoms with Gasteiger partial charge in [0.15, 0.2) is 0 Å². The van der Waals surface area contributed by atoms with Crippen molar-refractivity contribution in [3.8, 4) is 5.75 Å². The van der Waals surface area contributed by atoms with Crippen LogP contribution >= 0.6 is 11.8 Å². The Labute approximate surface area is 70.1 Å². The number of para-hydroxylation sites is 1. The molecule has 0 saturated heterocycles. The summed E-state index contributed by atoms with van der Waals surface area (Å²) in [5.74, 6) is 0.988. The monoisotopic (exact) mass is 164 g/mol. The molecule has 0 amide bonds. The second kappa shape index (κ2) is 3.01. The maximum Gasteiger partial charge on any atom is 0.133 e. The van der Waals surface area contributed by atoms with E-state index in [0.717, 1.165) is 5.75 Å². The molecule has 0 fully saturated rings. The molecule has 0 spiro atoms. The van der Waals surface area contributed by atoms with Gasteiger partial charge in [0, 0.05) is 0 Å². The molecule has 1 aliphatic rings. The van der Waals surface area contributed by atoms with E-state index in [1.807, 2.05) is 24.3 Å². The average Bonchev–Trinajstić information content (AvgIpc) is 2.28. The zero-order valence-electron chi connectivity index (χ0n) is 5.99. The lowest BCUT2D eigenvalue weighted by molar-refractivity contribution is 0.355. The summed E-state index contributed by atoms with van der Waals surface area (Å²) in [4.78, 5) is 1.20. The molecular formula is C9H8OS. The van der Waals surface area contributed by atoms with Crippen LogP contribution in [0, 0.1) is 0 Å². The van der Waals surface area contributed by atoms with Crippen molar-refractivity contribution in [3.63, 3.8) is 0 Å². The summed E-state index contributed by atoms with van der Waals surface area (Å²) in [5.41, 5.74) is 0. The summed E-state index contributed by atoms with van der Waals surface area (Å²) < 4.78 is 5.44. The molecule has 0 atom stereocenters. The van der Waals surface area contributed by atoms with Crippen molar-refractivity contribution < 1.29 is 4.74 Å². The maximum atomic E-state index is 5.44. The number of benzene rings is 1. The first-order chi connectivity index (χ1) is 5.47. The van der Waals surface area contributed by atoms with Crippen molar-refractivity contribution in [2.45, 2.75) is 4.90 Å². The molecule has 0 saturated carbocycles. The van der Waals surface area contributed by atoms with Gasteiger partial charge in [0.25, 0.3) is 0 Å². The Kier molecular flexibility index (Phi) is 1.86. The number of hydrogen-bond acceptors (Lipinski definition) is 2. The fourth-order valence-electron chi connectivity index (χ4n) is 0.965. The third kappa shape index (κ3) is 1.40. The molecule has 1 aromatic carbocycles. The van der Waals surface area contributed by atoms with E-state index in [9.17, 15) is 0 Å². The van der Waals surface area contributed by atoms with E-state index in [-0.39, 0.29) is 0 Å². The molecule has 1 nitrogen and oxygen atoms in total. The Morgan fingerprint density at radius 2 is 2.18 bits per heavy atom. The summed E-state index contributed by atoms with van der Waals surface area (Å²) in [6.45, 7) is 0.685. The number of hydrogen-bond donors (Lipinski definition) is 0. The second-order valence-corrected chi connectivity index (χ2v) is 3.20. The van der Waals surface area contributed by atoms with Crippen LogP contribution in [0.2, 0.25) is 0 Å². The minimum atomic E-state index is 0.685. The fraction of sp³-hybridized carbons (Fsp3) is 0.111. The van der Waals surface area contributed by atoms with Gasteiger partial charge in [-0.05, 0) is 23.6 Å².